The fourth-order valence-corrected chi connectivity index (χ4v) is 3.17. The number of hydrogen-bond donors (Lipinski definition) is 5. The van der Waals surface area contributed by atoms with Crippen molar-refractivity contribution in [1.82, 2.24) is 25.9 Å². The molecule has 11 heteroatoms. The number of aromatic amines is 1. The highest BCUT2D eigenvalue weighted by molar-refractivity contribution is 7.98. The molecule has 0 unspecified atom stereocenters. The largest absolute Gasteiger partial charge is 0.368 e. The Morgan fingerprint density at radius 3 is 2.70 bits per heavy atom. The van der Waals surface area contributed by atoms with Gasteiger partial charge in [0, 0.05) is 24.7 Å². The fraction of sp³-hybridized carbons (Fsp3) is 0.562. The van der Waals surface area contributed by atoms with Crippen molar-refractivity contribution in [3.8, 4) is 0 Å². The predicted molar refractivity (Wildman–Crippen MR) is 99.5 cm³/mol. The number of hydrogen-bond acceptors (Lipinski definition) is 6. The predicted octanol–water partition coefficient (Wildman–Crippen LogP) is -1.56. The second-order valence-corrected chi connectivity index (χ2v) is 7.23. The number of aromatic nitrogens is 2. The van der Waals surface area contributed by atoms with Crippen molar-refractivity contribution in [3.05, 3.63) is 18.2 Å². The molecule has 148 valence electrons. The van der Waals surface area contributed by atoms with Gasteiger partial charge in [-0.2, -0.15) is 11.8 Å². The lowest BCUT2D eigenvalue weighted by Gasteiger charge is -2.22. The van der Waals surface area contributed by atoms with Crippen LogP contribution in [0.4, 0.5) is 0 Å². The molecule has 0 aliphatic carbocycles. The van der Waals surface area contributed by atoms with E-state index in [2.05, 4.69) is 25.9 Å². The number of nitrogens with zero attached hydrogens (tertiary/aromatic N) is 1. The number of carbonyl (C=O) groups is 4. The molecule has 2 rings (SSSR count). The molecular formula is C16H24N6O4S. The normalized spacial score (nSPS) is 18.4. The Bertz CT molecular complexity index is 680. The first-order chi connectivity index (χ1) is 12.9. The van der Waals surface area contributed by atoms with Crippen LogP contribution < -0.4 is 21.7 Å². The lowest BCUT2D eigenvalue weighted by atomic mass is 10.1. The van der Waals surface area contributed by atoms with Crippen LogP contribution in [0.25, 0.3) is 0 Å². The van der Waals surface area contributed by atoms with Gasteiger partial charge in [-0.05, 0) is 24.9 Å². The number of H-pyrrole nitrogens is 1. The third-order valence-electron chi connectivity index (χ3n) is 4.19. The number of amides is 4. The van der Waals surface area contributed by atoms with Crippen LogP contribution in [0.1, 0.15) is 25.0 Å². The van der Waals surface area contributed by atoms with E-state index in [0.717, 1.165) is 0 Å². The van der Waals surface area contributed by atoms with E-state index in [1.165, 1.54) is 18.1 Å². The Morgan fingerprint density at radius 1 is 1.37 bits per heavy atom. The van der Waals surface area contributed by atoms with Crippen LogP contribution in [0.5, 0.6) is 0 Å². The topological polar surface area (TPSA) is 159 Å². The number of nitrogens with one attached hydrogen (secondary N) is 4. The number of rotatable bonds is 10. The van der Waals surface area contributed by atoms with Crippen LogP contribution in [0, 0.1) is 0 Å². The summed E-state index contributed by atoms with van der Waals surface area (Å²) in [6, 6.07) is -2.43. The van der Waals surface area contributed by atoms with E-state index in [-0.39, 0.29) is 18.7 Å². The van der Waals surface area contributed by atoms with Gasteiger partial charge in [-0.1, -0.05) is 0 Å². The summed E-state index contributed by atoms with van der Waals surface area (Å²) in [4.78, 5) is 54.8. The molecule has 0 radical (unpaired) electrons. The molecule has 27 heavy (non-hydrogen) atoms. The molecule has 6 N–H and O–H groups in total. The van der Waals surface area contributed by atoms with E-state index in [9.17, 15) is 19.2 Å². The van der Waals surface area contributed by atoms with Gasteiger partial charge in [0.05, 0.1) is 6.33 Å². The minimum Gasteiger partial charge on any atom is -0.368 e. The zero-order valence-electron chi connectivity index (χ0n) is 15.0. The molecule has 2 heterocycles. The lowest BCUT2D eigenvalue weighted by molar-refractivity contribution is -0.132. The molecule has 1 saturated heterocycles. The van der Waals surface area contributed by atoms with Gasteiger partial charge in [-0.25, -0.2) is 4.98 Å². The van der Waals surface area contributed by atoms with E-state index < -0.39 is 35.8 Å². The standard InChI is InChI=1S/C16H24N6O4S/c1-27-5-4-10(14(17)24)21-16(26)12(6-9-7-18-8-19-9)22-15(25)11-2-3-13(23)20-11/h7-8,10-12H,2-6H2,1H3,(H2,17,24)(H,18,19)(H,20,23)(H,21,26)(H,22,25)/t10-,11-,12-/m0/s1. The van der Waals surface area contributed by atoms with Crippen LogP contribution in [0.3, 0.4) is 0 Å². The molecule has 0 saturated carbocycles. The van der Waals surface area contributed by atoms with Gasteiger partial charge in [0.25, 0.3) is 0 Å². The molecule has 1 fully saturated rings. The van der Waals surface area contributed by atoms with Crippen molar-refractivity contribution in [3.63, 3.8) is 0 Å². The molecule has 1 aliphatic rings. The Hall–Kier alpha value is -2.56. The number of primary amides is 1. The van der Waals surface area contributed by atoms with Crippen molar-refractivity contribution < 1.29 is 19.2 Å². The summed E-state index contributed by atoms with van der Waals surface area (Å²) in [5, 5.41) is 7.82. The number of nitrogens with two attached hydrogens (primary N) is 1. The molecular weight excluding hydrogens is 372 g/mol. The average molecular weight is 396 g/mol. The molecule has 1 aliphatic heterocycles. The van der Waals surface area contributed by atoms with Crippen molar-refractivity contribution in [2.75, 3.05) is 12.0 Å². The van der Waals surface area contributed by atoms with Gasteiger partial charge >= 0.3 is 0 Å². The molecule has 4 amide bonds. The summed E-state index contributed by atoms with van der Waals surface area (Å²) in [5.41, 5.74) is 6.01. The molecule has 10 nitrogen and oxygen atoms in total. The van der Waals surface area contributed by atoms with Crippen molar-refractivity contribution >= 4 is 35.4 Å². The van der Waals surface area contributed by atoms with Gasteiger partial charge in [-0.3, -0.25) is 19.2 Å². The summed E-state index contributed by atoms with van der Waals surface area (Å²) >= 11 is 1.53. The summed E-state index contributed by atoms with van der Waals surface area (Å²) in [6.45, 7) is 0. The molecule has 3 atom stereocenters. The van der Waals surface area contributed by atoms with Gasteiger partial charge in [0.15, 0.2) is 0 Å². The van der Waals surface area contributed by atoms with Crippen LogP contribution in [0.2, 0.25) is 0 Å². The fourth-order valence-electron chi connectivity index (χ4n) is 2.70. The lowest BCUT2D eigenvalue weighted by Crippen LogP contribution is -2.56. The Kier molecular flexibility index (Phi) is 7.65. The minimum atomic E-state index is -0.938. The number of thioether (sulfide) groups is 1. The second kappa shape index (κ2) is 9.95. The SMILES string of the molecule is CSCC[C@H](NC(=O)[C@H](Cc1cnc[nH]1)NC(=O)[C@@H]1CCC(=O)N1)C(N)=O. The van der Waals surface area contributed by atoms with E-state index in [1.54, 1.807) is 6.20 Å². The molecule has 1 aromatic rings. The van der Waals surface area contributed by atoms with Crippen molar-refractivity contribution in [2.24, 2.45) is 5.73 Å². The molecule has 1 aromatic heterocycles. The zero-order valence-corrected chi connectivity index (χ0v) is 15.8. The Balaban J connectivity index is 2.05. The zero-order chi connectivity index (χ0) is 19.8. The highest BCUT2D eigenvalue weighted by atomic mass is 32.2. The maximum atomic E-state index is 12.7. The van der Waals surface area contributed by atoms with Gasteiger partial charge in [0.1, 0.15) is 18.1 Å². The molecule has 0 bridgehead atoms. The first-order valence-electron chi connectivity index (χ1n) is 8.56. The van der Waals surface area contributed by atoms with Crippen molar-refractivity contribution in [2.45, 2.75) is 43.8 Å². The first kappa shape index (κ1) is 20.7. The minimum absolute atomic E-state index is 0.159. The van der Waals surface area contributed by atoms with Crippen LogP contribution in [-0.4, -0.2) is 63.7 Å². The van der Waals surface area contributed by atoms with Gasteiger partial charge in [0.2, 0.25) is 23.6 Å². The highest BCUT2D eigenvalue weighted by Crippen LogP contribution is 2.08. The van der Waals surface area contributed by atoms with E-state index in [0.29, 0.717) is 24.3 Å². The van der Waals surface area contributed by atoms with Gasteiger partial charge in [-0.15, -0.1) is 0 Å². The summed E-state index contributed by atoms with van der Waals surface area (Å²) in [6.07, 6.45) is 6.10. The number of carbonyl (C=O) groups excluding carboxylic acids is 4. The quantitative estimate of drug-likeness (QED) is 0.322. The van der Waals surface area contributed by atoms with E-state index in [1.807, 2.05) is 6.26 Å². The van der Waals surface area contributed by atoms with E-state index >= 15 is 0 Å². The number of imidazole rings is 1. The molecule has 0 spiro atoms. The maximum absolute atomic E-state index is 12.7. The maximum Gasteiger partial charge on any atom is 0.243 e. The Labute approximate surface area is 160 Å². The average Bonchev–Trinajstić information content (AvgIpc) is 3.29. The van der Waals surface area contributed by atoms with Crippen LogP contribution in [0.15, 0.2) is 12.5 Å². The van der Waals surface area contributed by atoms with Crippen LogP contribution >= 0.6 is 11.8 Å². The monoisotopic (exact) mass is 396 g/mol. The third kappa shape index (κ3) is 6.27. The highest BCUT2D eigenvalue weighted by Gasteiger charge is 2.31. The summed E-state index contributed by atoms with van der Waals surface area (Å²) in [5.74, 6) is -1.14. The summed E-state index contributed by atoms with van der Waals surface area (Å²) < 4.78 is 0. The summed E-state index contributed by atoms with van der Waals surface area (Å²) in [7, 11) is 0. The van der Waals surface area contributed by atoms with Crippen molar-refractivity contribution in [1.29, 1.82) is 0 Å². The van der Waals surface area contributed by atoms with Crippen LogP contribution in [-0.2, 0) is 25.6 Å². The second-order valence-electron chi connectivity index (χ2n) is 6.25. The smallest absolute Gasteiger partial charge is 0.243 e. The Morgan fingerprint density at radius 2 is 2.15 bits per heavy atom. The van der Waals surface area contributed by atoms with Gasteiger partial charge < -0.3 is 26.7 Å². The van der Waals surface area contributed by atoms with E-state index in [4.69, 9.17) is 5.73 Å². The first-order valence-corrected chi connectivity index (χ1v) is 9.95. The molecule has 0 aromatic carbocycles. The third-order valence-corrected chi connectivity index (χ3v) is 4.84.